The number of aryl methyl sites for hydroxylation is 2. The van der Waals surface area contributed by atoms with Crippen molar-refractivity contribution < 1.29 is 9.13 Å². The number of halogens is 2. The van der Waals surface area contributed by atoms with Crippen LogP contribution in [0.4, 0.5) is 4.39 Å². The van der Waals surface area contributed by atoms with Crippen molar-refractivity contribution in [2.75, 3.05) is 7.11 Å². The Morgan fingerprint density at radius 2 is 2.14 bits per heavy atom. The standard InChI is InChI=1S/C14H14ClFN4O/c1-8-12(7-19(2)18-8)20-11-5-13(21-3)9(16)4-10(11)17-14(20)6-15/h4-5,7H,6H2,1-3H3. The molecular weight excluding hydrogens is 295 g/mol. The molecule has 0 aliphatic carbocycles. The molecule has 0 atom stereocenters. The predicted molar refractivity (Wildman–Crippen MR) is 78.6 cm³/mol. The van der Waals surface area contributed by atoms with Crippen molar-refractivity contribution in [2.24, 2.45) is 7.05 Å². The molecule has 0 saturated carbocycles. The molecule has 0 N–H and O–H groups in total. The van der Waals surface area contributed by atoms with Gasteiger partial charge >= 0.3 is 0 Å². The molecule has 0 amide bonds. The summed E-state index contributed by atoms with van der Waals surface area (Å²) in [6, 6.07) is 2.98. The van der Waals surface area contributed by atoms with Gasteiger partial charge in [-0.15, -0.1) is 11.6 Å². The molecule has 3 aromatic rings. The number of ether oxygens (including phenoxy) is 1. The lowest BCUT2D eigenvalue weighted by atomic mass is 10.2. The first kappa shape index (κ1) is 13.9. The first-order valence-electron chi connectivity index (χ1n) is 6.36. The quantitative estimate of drug-likeness (QED) is 0.699. The number of fused-ring (bicyclic) bond motifs is 1. The SMILES string of the molecule is COc1cc2c(cc1F)nc(CCl)n2-c1cn(C)nc1C. The Balaban J connectivity index is 2.36. The summed E-state index contributed by atoms with van der Waals surface area (Å²) in [4.78, 5) is 4.39. The highest BCUT2D eigenvalue weighted by Crippen LogP contribution is 2.29. The molecule has 0 aliphatic rings. The highest BCUT2D eigenvalue weighted by molar-refractivity contribution is 6.17. The van der Waals surface area contributed by atoms with E-state index in [2.05, 4.69) is 10.1 Å². The highest BCUT2D eigenvalue weighted by atomic mass is 35.5. The van der Waals surface area contributed by atoms with Gasteiger partial charge in [0.2, 0.25) is 0 Å². The van der Waals surface area contributed by atoms with Crippen molar-refractivity contribution in [3.8, 4) is 11.4 Å². The number of benzene rings is 1. The lowest BCUT2D eigenvalue weighted by Crippen LogP contribution is -2.00. The molecule has 0 fully saturated rings. The lowest BCUT2D eigenvalue weighted by Gasteiger charge is -2.07. The van der Waals surface area contributed by atoms with Crippen LogP contribution in [0.1, 0.15) is 11.5 Å². The molecule has 1 aromatic carbocycles. The number of methoxy groups -OCH3 is 1. The molecule has 21 heavy (non-hydrogen) atoms. The van der Waals surface area contributed by atoms with Gasteiger partial charge in [0, 0.05) is 25.4 Å². The normalized spacial score (nSPS) is 11.3. The van der Waals surface area contributed by atoms with E-state index in [-0.39, 0.29) is 11.6 Å². The second-order valence-electron chi connectivity index (χ2n) is 4.75. The Morgan fingerprint density at radius 1 is 1.38 bits per heavy atom. The topological polar surface area (TPSA) is 44.9 Å². The highest BCUT2D eigenvalue weighted by Gasteiger charge is 2.18. The first-order chi connectivity index (χ1) is 10.0. The van der Waals surface area contributed by atoms with E-state index in [4.69, 9.17) is 16.3 Å². The van der Waals surface area contributed by atoms with E-state index in [1.807, 2.05) is 24.7 Å². The van der Waals surface area contributed by atoms with E-state index in [0.29, 0.717) is 11.3 Å². The van der Waals surface area contributed by atoms with Crippen LogP contribution in [0.2, 0.25) is 0 Å². The minimum absolute atomic E-state index is 0.173. The van der Waals surface area contributed by atoms with Gasteiger partial charge in [0.25, 0.3) is 0 Å². The molecule has 0 aliphatic heterocycles. The van der Waals surface area contributed by atoms with Gasteiger partial charge in [0.05, 0.1) is 35.4 Å². The molecule has 0 bridgehead atoms. The fourth-order valence-electron chi connectivity index (χ4n) is 2.45. The van der Waals surface area contributed by atoms with Crippen molar-refractivity contribution in [2.45, 2.75) is 12.8 Å². The third-order valence-corrected chi connectivity index (χ3v) is 3.58. The molecule has 5 nitrogen and oxygen atoms in total. The number of nitrogens with zero attached hydrogens (tertiary/aromatic N) is 4. The molecule has 0 radical (unpaired) electrons. The van der Waals surface area contributed by atoms with Crippen LogP contribution in [-0.4, -0.2) is 26.4 Å². The zero-order chi connectivity index (χ0) is 15.1. The molecule has 0 spiro atoms. The summed E-state index contributed by atoms with van der Waals surface area (Å²) >= 11 is 5.99. The predicted octanol–water partition coefficient (Wildman–Crippen LogP) is 2.95. The molecule has 3 rings (SSSR count). The van der Waals surface area contributed by atoms with Gasteiger partial charge in [0.1, 0.15) is 5.82 Å². The van der Waals surface area contributed by atoms with Crippen molar-refractivity contribution in [3.05, 3.63) is 35.7 Å². The number of alkyl halides is 1. The van der Waals surface area contributed by atoms with Crippen LogP contribution in [-0.2, 0) is 12.9 Å². The van der Waals surface area contributed by atoms with Crippen LogP contribution in [0.25, 0.3) is 16.7 Å². The van der Waals surface area contributed by atoms with Gasteiger partial charge in [-0.3, -0.25) is 9.25 Å². The van der Waals surface area contributed by atoms with Crippen molar-refractivity contribution in [1.29, 1.82) is 0 Å². The summed E-state index contributed by atoms with van der Waals surface area (Å²) < 4.78 is 22.5. The smallest absolute Gasteiger partial charge is 0.167 e. The van der Waals surface area contributed by atoms with Gasteiger partial charge in [-0.25, -0.2) is 9.37 Å². The third-order valence-electron chi connectivity index (χ3n) is 3.35. The van der Waals surface area contributed by atoms with E-state index in [1.165, 1.54) is 13.2 Å². The van der Waals surface area contributed by atoms with E-state index in [0.717, 1.165) is 16.9 Å². The summed E-state index contributed by atoms with van der Waals surface area (Å²) in [5.41, 5.74) is 2.97. The lowest BCUT2D eigenvalue weighted by molar-refractivity contribution is 0.387. The second kappa shape index (κ2) is 5.04. The second-order valence-corrected chi connectivity index (χ2v) is 5.01. The maximum atomic E-state index is 13.8. The fraction of sp³-hybridized carbons (Fsp3) is 0.286. The van der Waals surface area contributed by atoms with Crippen LogP contribution in [0.15, 0.2) is 18.3 Å². The molecule has 110 valence electrons. The van der Waals surface area contributed by atoms with Crippen LogP contribution in [0.3, 0.4) is 0 Å². The molecule has 2 heterocycles. The minimum Gasteiger partial charge on any atom is -0.494 e. The summed E-state index contributed by atoms with van der Waals surface area (Å²) in [7, 11) is 3.28. The van der Waals surface area contributed by atoms with Crippen LogP contribution < -0.4 is 4.74 Å². The summed E-state index contributed by atoms with van der Waals surface area (Å²) in [6.07, 6.45) is 1.88. The zero-order valence-corrected chi connectivity index (χ0v) is 12.6. The minimum atomic E-state index is -0.446. The Kier molecular flexibility index (Phi) is 3.33. The largest absolute Gasteiger partial charge is 0.494 e. The average Bonchev–Trinajstić information content (AvgIpc) is 2.96. The maximum absolute atomic E-state index is 13.8. The Morgan fingerprint density at radius 3 is 2.71 bits per heavy atom. The number of rotatable bonds is 3. The van der Waals surface area contributed by atoms with Gasteiger partial charge in [-0.1, -0.05) is 0 Å². The van der Waals surface area contributed by atoms with Gasteiger partial charge in [0.15, 0.2) is 11.6 Å². The average molecular weight is 309 g/mol. The Labute approximate surface area is 125 Å². The molecule has 2 aromatic heterocycles. The van der Waals surface area contributed by atoms with Crippen molar-refractivity contribution in [1.82, 2.24) is 19.3 Å². The van der Waals surface area contributed by atoms with E-state index in [1.54, 1.807) is 10.7 Å². The number of hydrogen-bond donors (Lipinski definition) is 0. The third kappa shape index (κ3) is 2.15. The molecule has 7 heteroatoms. The van der Waals surface area contributed by atoms with E-state index in [9.17, 15) is 4.39 Å². The summed E-state index contributed by atoms with van der Waals surface area (Å²) in [5.74, 6) is 0.577. The molecule has 0 unspecified atom stereocenters. The van der Waals surface area contributed by atoms with Gasteiger partial charge < -0.3 is 4.74 Å². The monoisotopic (exact) mass is 308 g/mol. The molecule has 0 saturated heterocycles. The van der Waals surface area contributed by atoms with E-state index < -0.39 is 5.82 Å². The number of imidazole rings is 1. The first-order valence-corrected chi connectivity index (χ1v) is 6.90. The van der Waals surface area contributed by atoms with Gasteiger partial charge in [-0.2, -0.15) is 5.10 Å². The maximum Gasteiger partial charge on any atom is 0.167 e. The Bertz CT molecular complexity index is 824. The van der Waals surface area contributed by atoms with Crippen molar-refractivity contribution >= 4 is 22.6 Å². The zero-order valence-electron chi connectivity index (χ0n) is 11.9. The van der Waals surface area contributed by atoms with Crippen LogP contribution in [0.5, 0.6) is 5.75 Å². The number of aromatic nitrogens is 4. The summed E-state index contributed by atoms with van der Waals surface area (Å²) in [5, 5.41) is 4.33. The van der Waals surface area contributed by atoms with Crippen LogP contribution >= 0.6 is 11.6 Å². The summed E-state index contributed by atoms with van der Waals surface area (Å²) in [6.45, 7) is 1.90. The Hall–Kier alpha value is -2.08. The van der Waals surface area contributed by atoms with E-state index >= 15 is 0 Å². The number of hydrogen-bond acceptors (Lipinski definition) is 3. The fourth-order valence-corrected chi connectivity index (χ4v) is 2.63. The van der Waals surface area contributed by atoms with Gasteiger partial charge in [-0.05, 0) is 6.92 Å². The van der Waals surface area contributed by atoms with Crippen molar-refractivity contribution in [3.63, 3.8) is 0 Å². The molecular formula is C14H14ClFN4O. The van der Waals surface area contributed by atoms with Crippen LogP contribution in [0, 0.1) is 12.7 Å².